The first-order valence-corrected chi connectivity index (χ1v) is 22.0. The lowest BCUT2D eigenvalue weighted by molar-refractivity contribution is 1.27. The van der Waals surface area contributed by atoms with E-state index in [1.165, 1.54) is 98.8 Å². The minimum Gasteiger partial charge on any atom is -0.256 e. The van der Waals surface area contributed by atoms with Gasteiger partial charge in [0.05, 0.1) is 11.4 Å². The van der Waals surface area contributed by atoms with Crippen molar-refractivity contribution < 1.29 is 0 Å². The summed E-state index contributed by atoms with van der Waals surface area (Å²) in [4.78, 5) is 10.4. The van der Waals surface area contributed by atoms with Crippen LogP contribution in [0.1, 0.15) is 33.6 Å². The highest BCUT2D eigenvalue weighted by atomic mass is 14.7. The van der Waals surface area contributed by atoms with Gasteiger partial charge in [0.2, 0.25) is 0 Å². The number of pyridine rings is 2. The minimum absolute atomic E-state index is 0.938. The van der Waals surface area contributed by atoms with Crippen LogP contribution in [-0.2, 0) is 0 Å². The van der Waals surface area contributed by atoms with Gasteiger partial charge in [-0.15, -0.1) is 0 Å². The van der Waals surface area contributed by atoms with E-state index >= 15 is 0 Å². The Kier molecular flexibility index (Phi) is 8.25. The van der Waals surface area contributed by atoms with E-state index in [9.17, 15) is 0 Å². The first-order chi connectivity index (χ1) is 31.7. The van der Waals surface area contributed by atoms with E-state index in [4.69, 9.17) is 9.97 Å². The second kappa shape index (κ2) is 14.6. The molecule has 2 nitrogen and oxygen atoms in total. The molecule has 0 aliphatic heterocycles. The van der Waals surface area contributed by atoms with Gasteiger partial charge in [0.15, 0.2) is 0 Å². The van der Waals surface area contributed by atoms with Crippen molar-refractivity contribution in [1.82, 2.24) is 9.97 Å². The molecule has 0 amide bonds. The normalized spacial score (nSPS) is 13.4. The Balaban J connectivity index is 1.19. The smallest absolute Gasteiger partial charge is 0.0714 e. The summed E-state index contributed by atoms with van der Waals surface area (Å²) in [6.45, 7) is 0. The molecule has 296 valence electrons. The van der Waals surface area contributed by atoms with E-state index in [-0.39, 0.29) is 0 Å². The number of hydrogen-bond donors (Lipinski definition) is 0. The zero-order valence-corrected chi connectivity index (χ0v) is 34.8. The molecule has 2 aromatic heterocycles. The van der Waals surface area contributed by atoms with Crippen molar-refractivity contribution in [1.29, 1.82) is 0 Å². The summed E-state index contributed by atoms with van der Waals surface area (Å²) in [6.07, 6.45) is 3.85. The fourth-order valence-corrected chi connectivity index (χ4v) is 10.3. The van der Waals surface area contributed by atoms with Gasteiger partial charge in [-0.3, -0.25) is 9.97 Å². The van der Waals surface area contributed by atoms with Crippen LogP contribution in [0.15, 0.2) is 236 Å². The Hall–Kier alpha value is -8.46. The Morgan fingerprint density at radius 2 is 0.547 bits per heavy atom. The third-order valence-corrected chi connectivity index (χ3v) is 13.2. The maximum absolute atomic E-state index is 5.19. The molecule has 0 N–H and O–H groups in total. The van der Waals surface area contributed by atoms with Crippen LogP contribution in [0, 0.1) is 0 Å². The van der Waals surface area contributed by atoms with Crippen LogP contribution >= 0.6 is 0 Å². The van der Waals surface area contributed by atoms with Gasteiger partial charge >= 0.3 is 0 Å². The molecule has 11 aromatic rings. The van der Waals surface area contributed by atoms with E-state index in [0.29, 0.717) is 0 Å². The lowest BCUT2D eigenvalue weighted by Gasteiger charge is -2.19. The van der Waals surface area contributed by atoms with Gasteiger partial charge in [-0.05, 0) is 154 Å². The van der Waals surface area contributed by atoms with Gasteiger partial charge < -0.3 is 0 Å². The second-order valence-corrected chi connectivity index (χ2v) is 16.9. The lowest BCUT2D eigenvalue weighted by Crippen LogP contribution is -1.99. The highest BCUT2D eigenvalue weighted by molar-refractivity contribution is 6.39. The Morgan fingerprint density at radius 3 is 0.969 bits per heavy atom. The standard InChI is InChI=1S/C62H38N2/c1-5-17-43-33-47(27-23-39(43)13-1)51-37-53-54(38-52(51)48-28-24-40-14-2-6-18-44(40)34-48)60-61(56-22-10-12-32-64-56)57(49-29-25-41-15-3-7-19-45(41)35-49)58(62(60)59(53)55-21-9-11-31-63-55)50-30-26-42-16-4-8-20-46(42)36-50/h1-38H. The first kappa shape index (κ1) is 36.2. The van der Waals surface area contributed by atoms with Crippen molar-refractivity contribution in [3.05, 3.63) is 270 Å². The van der Waals surface area contributed by atoms with Crippen LogP contribution in [0.3, 0.4) is 0 Å². The maximum atomic E-state index is 5.19. The van der Waals surface area contributed by atoms with Crippen LogP contribution in [-0.4, -0.2) is 9.97 Å². The van der Waals surface area contributed by atoms with Crippen LogP contribution in [0.5, 0.6) is 0 Å². The van der Waals surface area contributed by atoms with Crippen molar-refractivity contribution >= 4 is 71.0 Å². The predicted molar refractivity (Wildman–Crippen MR) is 268 cm³/mol. The molecule has 2 aliphatic rings. The quantitative estimate of drug-likeness (QED) is 0.167. The van der Waals surface area contributed by atoms with E-state index in [1.54, 1.807) is 0 Å². The highest BCUT2D eigenvalue weighted by Gasteiger charge is 2.41. The molecular weight excluding hydrogens is 773 g/mol. The monoisotopic (exact) mass is 810 g/mol. The highest BCUT2D eigenvalue weighted by Crippen LogP contribution is 2.62. The third-order valence-electron chi connectivity index (χ3n) is 13.2. The summed E-state index contributed by atoms with van der Waals surface area (Å²) in [6, 6.07) is 79.8. The summed E-state index contributed by atoms with van der Waals surface area (Å²) in [5.41, 5.74) is 18.2. The predicted octanol–water partition coefficient (Wildman–Crippen LogP) is 15.8. The molecule has 2 heteroatoms. The van der Waals surface area contributed by atoms with E-state index < -0.39 is 0 Å². The maximum Gasteiger partial charge on any atom is 0.0714 e. The first-order valence-electron chi connectivity index (χ1n) is 22.0. The number of benzene rings is 9. The Labute approximate surface area is 371 Å². The molecule has 0 radical (unpaired) electrons. The number of allylic oxidation sites excluding steroid dienone is 5. The fraction of sp³-hybridized carbons (Fsp3) is 0. The SMILES string of the molecule is c1ccc(C2=C3C(=C(c4ccccn4)c4cc(-c5ccc6ccccc6c5)c(-c5ccc6ccccc6c5)cc43)C(c3ccc4ccccc4c3)=C2c2ccc3ccccc3c2)nc1. The van der Waals surface area contributed by atoms with Gasteiger partial charge in [0.1, 0.15) is 0 Å². The van der Waals surface area contributed by atoms with Gasteiger partial charge in [-0.1, -0.05) is 158 Å². The molecule has 9 aromatic carbocycles. The van der Waals surface area contributed by atoms with E-state index in [2.05, 4.69) is 206 Å². The van der Waals surface area contributed by atoms with E-state index in [1.807, 2.05) is 24.5 Å². The molecule has 0 fully saturated rings. The molecule has 0 bridgehead atoms. The van der Waals surface area contributed by atoms with E-state index in [0.717, 1.165) is 33.7 Å². The average molecular weight is 811 g/mol. The van der Waals surface area contributed by atoms with Crippen molar-refractivity contribution in [2.45, 2.75) is 0 Å². The van der Waals surface area contributed by atoms with Crippen LogP contribution in [0.4, 0.5) is 0 Å². The van der Waals surface area contributed by atoms with Crippen LogP contribution < -0.4 is 0 Å². The zero-order valence-electron chi connectivity index (χ0n) is 34.8. The molecule has 2 heterocycles. The lowest BCUT2D eigenvalue weighted by atomic mass is 9.85. The molecule has 0 unspecified atom stereocenters. The summed E-state index contributed by atoms with van der Waals surface area (Å²) in [5, 5.41) is 9.70. The molecule has 64 heavy (non-hydrogen) atoms. The zero-order chi connectivity index (χ0) is 42.1. The summed E-state index contributed by atoms with van der Waals surface area (Å²) >= 11 is 0. The average Bonchev–Trinajstić information content (AvgIpc) is 3.88. The summed E-state index contributed by atoms with van der Waals surface area (Å²) in [7, 11) is 0. The number of rotatable bonds is 6. The van der Waals surface area contributed by atoms with Gasteiger partial charge in [0.25, 0.3) is 0 Å². The Morgan fingerprint density at radius 1 is 0.203 bits per heavy atom. The van der Waals surface area contributed by atoms with Gasteiger partial charge in [-0.2, -0.15) is 0 Å². The largest absolute Gasteiger partial charge is 0.256 e. The molecule has 0 atom stereocenters. The minimum atomic E-state index is 0.938. The molecule has 0 saturated heterocycles. The third kappa shape index (κ3) is 5.81. The fourth-order valence-electron chi connectivity index (χ4n) is 10.3. The Bertz CT molecular complexity index is 3820. The molecule has 0 spiro atoms. The van der Waals surface area contributed by atoms with Crippen molar-refractivity contribution in [3.63, 3.8) is 0 Å². The number of hydrogen-bond acceptors (Lipinski definition) is 2. The number of aromatic nitrogens is 2. The topological polar surface area (TPSA) is 25.8 Å². The molecule has 13 rings (SSSR count). The van der Waals surface area contributed by atoms with Crippen LogP contribution in [0.2, 0.25) is 0 Å². The van der Waals surface area contributed by atoms with Crippen molar-refractivity contribution in [2.24, 2.45) is 0 Å². The van der Waals surface area contributed by atoms with Crippen LogP contribution in [0.25, 0.3) is 93.2 Å². The number of fused-ring (bicyclic) bond motifs is 7. The summed E-state index contributed by atoms with van der Waals surface area (Å²) in [5.74, 6) is 0. The van der Waals surface area contributed by atoms with Crippen molar-refractivity contribution in [3.8, 4) is 22.3 Å². The van der Waals surface area contributed by atoms with Crippen molar-refractivity contribution in [2.75, 3.05) is 0 Å². The number of nitrogens with zero attached hydrogens (tertiary/aromatic N) is 2. The molecule has 0 saturated carbocycles. The second-order valence-electron chi connectivity index (χ2n) is 16.9. The molecule has 2 aliphatic carbocycles. The van der Waals surface area contributed by atoms with Gasteiger partial charge in [-0.25, -0.2) is 0 Å². The summed E-state index contributed by atoms with van der Waals surface area (Å²) < 4.78 is 0. The molecular formula is C62H38N2. The van der Waals surface area contributed by atoms with Gasteiger partial charge in [0, 0.05) is 40.3 Å².